The number of aromatic amines is 1. The quantitative estimate of drug-likeness (QED) is 0.916. The molecule has 1 aromatic carbocycles. The molecule has 1 atom stereocenters. The summed E-state index contributed by atoms with van der Waals surface area (Å²) >= 11 is 0. The van der Waals surface area contributed by atoms with Gasteiger partial charge in [-0.3, -0.25) is 14.8 Å². The second kappa shape index (κ2) is 6.79. The van der Waals surface area contributed by atoms with Crippen molar-refractivity contribution in [1.29, 1.82) is 0 Å². The third-order valence-corrected chi connectivity index (χ3v) is 5.48. The van der Waals surface area contributed by atoms with Gasteiger partial charge in [0.2, 0.25) is 5.91 Å². The van der Waals surface area contributed by atoms with Gasteiger partial charge in [-0.25, -0.2) is 8.78 Å². The second-order valence-corrected chi connectivity index (χ2v) is 7.09. The summed E-state index contributed by atoms with van der Waals surface area (Å²) in [5, 5.41) is 7.33. The Morgan fingerprint density at radius 1 is 1.19 bits per heavy atom. The molecule has 1 saturated heterocycles. The molecule has 0 spiro atoms. The number of benzene rings is 1. The van der Waals surface area contributed by atoms with Crippen molar-refractivity contribution < 1.29 is 13.6 Å². The van der Waals surface area contributed by atoms with E-state index >= 15 is 0 Å². The van der Waals surface area contributed by atoms with Crippen LogP contribution in [0.15, 0.2) is 18.2 Å². The number of likely N-dealkylation sites (tertiary alicyclic amines) is 1. The molecule has 1 N–H and O–H groups in total. The van der Waals surface area contributed by atoms with Crippen LogP contribution in [0.25, 0.3) is 11.3 Å². The second-order valence-electron chi connectivity index (χ2n) is 7.09. The van der Waals surface area contributed by atoms with Crippen molar-refractivity contribution in [2.75, 3.05) is 19.6 Å². The molecule has 0 radical (unpaired) electrons. The minimum Gasteiger partial charge on any atom is -0.341 e. The van der Waals surface area contributed by atoms with Crippen LogP contribution in [0.2, 0.25) is 0 Å². The van der Waals surface area contributed by atoms with Gasteiger partial charge in [-0.1, -0.05) is 0 Å². The number of hydrogen-bond acceptors (Lipinski definition) is 3. The monoisotopic (exact) mass is 360 g/mol. The molecular weight excluding hydrogens is 338 g/mol. The van der Waals surface area contributed by atoms with Crippen molar-refractivity contribution in [1.82, 2.24) is 20.0 Å². The Labute approximate surface area is 151 Å². The highest BCUT2D eigenvalue weighted by Gasteiger charge is 2.31. The van der Waals surface area contributed by atoms with Gasteiger partial charge in [-0.15, -0.1) is 0 Å². The standard InChI is InChI=1S/C19H22F2N4O/c1-12(19(26)24-7-2-3-8-24)25-9-6-17-14(11-25)18(23-22-17)13-4-5-15(20)16(21)10-13/h4-5,10,12H,2-3,6-9,11H2,1H3,(H,22,23). The van der Waals surface area contributed by atoms with Crippen molar-refractivity contribution in [2.24, 2.45) is 0 Å². The Morgan fingerprint density at radius 2 is 1.96 bits per heavy atom. The van der Waals surface area contributed by atoms with Crippen LogP contribution in [0.1, 0.15) is 31.0 Å². The van der Waals surface area contributed by atoms with Gasteiger partial charge in [0.15, 0.2) is 11.6 Å². The number of carbonyl (C=O) groups is 1. The molecule has 1 aromatic heterocycles. The summed E-state index contributed by atoms with van der Waals surface area (Å²) in [4.78, 5) is 16.8. The number of halogens is 2. The normalized spacial score (nSPS) is 18.8. The molecule has 0 bridgehead atoms. The average molecular weight is 360 g/mol. The first-order chi connectivity index (χ1) is 12.5. The molecule has 1 fully saturated rings. The number of rotatable bonds is 3. The van der Waals surface area contributed by atoms with Crippen molar-refractivity contribution in [3.05, 3.63) is 41.1 Å². The Balaban J connectivity index is 1.57. The maximum atomic E-state index is 13.6. The van der Waals surface area contributed by atoms with Crippen molar-refractivity contribution in [2.45, 2.75) is 38.8 Å². The van der Waals surface area contributed by atoms with Gasteiger partial charge in [0, 0.05) is 49.4 Å². The Hall–Kier alpha value is -2.28. The van der Waals surface area contributed by atoms with Crippen LogP contribution in [0, 0.1) is 11.6 Å². The highest BCUT2D eigenvalue weighted by Crippen LogP contribution is 2.30. The summed E-state index contributed by atoms with van der Waals surface area (Å²) in [5.74, 6) is -1.59. The molecule has 0 saturated carbocycles. The van der Waals surface area contributed by atoms with Crippen LogP contribution in [-0.4, -0.2) is 51.6 Å². The molecule has 1 amide bonds. The lowest BCUT2D eigenvalue weighted by atomic mass is 9.99. The van der Waals surface area contributed by atoms with Gasteiger partial charge in [0.1, 0.15) is 0 Å². The Bertz CT molecular complexity index is 829. The number of H-pyrrole nitrogens is 1. The molecule has 7 heteroatoms. The number of aromatic nitrogens is 2. The number of hydrogen-bond donors (Lipinski definition) is 1. The fourth-order valence-corrected chi connectivity index (χ4v) is 3.89. The van der Waals surface area contributed by atoms with E-state index in [0.717, 1.165) is 56.2 Å². The summed E-state index contributed by atoms with van der Waals surface area (Å²) in [6.07, 6.45) is 2.90. The van der Waals surface area contributed by atoms with Crippen LogP contribution in [-0.2, 0) is 17.8 Å². The molecule has 138 valence electrons. The number of carbonyl (C=O) groups excluding carboxylic acids is 1. The lowest BCUT2D eigenvalue weighted by molar-refractivity contribution is -0.135. The average Bonchev–Trinajstić information content (AvgIpc) is 3.32. The SMILES string of the molecule is CC(C(=O)N1CCCC1)N1CCc2[nH]nc(-c3ccc(F)c(F)c3)c2C1. The number of nitrogens with zero attached hydrogens (tertiary/aromatic N) is 3. The van der Waals surface area contributed by atoms with Gasteiger partial charge in [-0.05, 0) is 38.0 Å². The molecule has 5 nitrogen and oxygen atoms in total. The van der Waals surface area contributed by atoms with Crippen LogP contribution < -0.4 is 0 Å². The Morgan fingerprint density at radius 3 is 2.69 bits per heavy atom. The molecule has 4 rings (SSSR count). The fourth-order valence-electron chi connectivity index (χ4n) is 3.89. The molecule has 26 heavy (non-hydrogen) atoms. The largest absolute Gasteiger partial charge is 0.341 e. The van der Waals surface area contributed by atoms with Gasteiger partial charge >= 0.3 is 0 Å². The van der Waals surface area contributed by atoms with Crippen molar-refractivity contribution in [3.63, 3.8) is 0 Å². The van der Waals surface area contributed by atoms with Gasteiger partial charge in [0.05, 0.1) is 11.7 Å². The first-order valence-electron chi connectivity index (χ1n) is 9.09. The molecule has 2 aliphatic heterocycles. The molecule has 2 aliphatic rings. The molecule has 2 aromatic rings. The zero-order valence-electron chi connectivity index (χ0n) is 14.8. The number of nitrogens with one attached hydrogen (secondary N) is 1. The van der Waals surface area contributed by atoms with E-state index in [1.807, 2.05) is 11.8 Å². The maximum Gasteiger partial charge on any atom is 0.239 e. The molecular formula is C19H22F2N4O. The third-order valence-electron chi connectivity index (χ3n) is 5.48. The zero-order chi connectivity index (χ0) is 18.3. The van der Waals surface area contributed by atoms with E-state index in [0.29, 0.717) is 17.8 Å². The number of fused-ring (bicyclic) bond motifs is 1. The van der Waals surface area contributed by atoms with E-state index in [4.69, 9.17) is 0 Å². The van der Waals surface area contributed by atoms with Crippen LogP contribution in [0.5, 0.6) is 0 Å². The minimum atomic E-state index is -0.885. The predicted molar refractivity (Wildman–Crippen MR) is 93.3 cm³/mol. The van der Waals surface area contributed by atoms with Gasteiger partial charge in [0.25, 0.3) is 0 Å². The smallest absolute Gasteiger partial charge is 0.239 e. The highest BCUT2D eigenvalue weighted by molar-refractivity contribution is 5.81. The summed E-state index contributed by atoms with van der Waals surface area (Å²) in [6, 6.07) is 3.62. The van der Waals surface area contributed by atoms with Crippen LogP contribution >= 0.6 is 0 Å². The molecule has 3 heterocycles. The summed E-state index contributed by atoms with van der Waals surface area (Å²) < 4.78 is 26.8. The third kappa shape index (κ3) is 3.00. The van der Waals surface area contributed by atoms with E-state index in [-0.39, 0.29) is 11.9 Å². The van der Waals surface area contributed by atoms with Crippen molar-refractivity contribution in [3.8, 4) is 11.3 Å². The molecule has 0 aliphatic carbocycles. The first-order valence-corrected chi connectivity index (χ1v) is 9.09. The van der Waals surface area contributed by atoms with E-state index in [1.54, 1.807) is 0 Å². The van der Waals surface area contributed by atoms with Crippen molar-refractivity contribution >= 4 is 5.91 Å². The molecule has 1 unspecified atom stereocenters. The number of amides is 1. The van der Waals surface area contributed by atoms with Crippen LogP contribution in [0.3, 0.4) is 0 Å². The summed E-state index contributed by atoms with van der Waals surface area (Å²) in [6.45, 7) is 4.97. The summed E-state index contributed by atoms with van der Waals surface area (Å²) in [7, 11) is 0. The minimum absolute atomic E-state index is 0.170. The van der Waals surface area contributed by atoms with Gasteiger partial charge in [-0.2, -0.15) is 5.10 Å². The maximum absolute atomic E-state index is 13.6. The van der Waals surface area contributed by atoms with E-state index in [2.05, 4.69) is 15.1 Å². The Kier molecular flexibility index (Phi) is 4.48. The van der Waals surface area contributed by atoms with E-state index in [9.17, 15) is 13.6 Å². The first kappa shape index (κ1) is 17.1. The topological polar surface area (TPSA) is 52.2 Å². The predicted octanol–water partition coefficient (Wildman–Crippen LogP) is 2.72. The fraction of sp³-hybridized carbons (Fsp3) is 0.474. The van der Waals surface area contributed by atoms with E-state index in [1.165, 1.54) is 12.1 Å². The van der Waals surface area contributed by atoms with Gasteiger partial charge < -0.3 is 4.90 Å². The van der Waals surface area contributed by atoms with E-state index < -0.39 is 11.6 Å². The summed E-state index contributed by atoms with van der Waals surface area (Å²) in [5.41, 5.74) is 3.14. The highest BCUT2D eigenvalue weighted by atomic mass is 19.2. The lowest BCUT2D eigenvalue weighted by Crippen LogP contribution is -2.47. The van der Waals surface area contributed by atoms with Crippen LogP contribution in [0.4, 0.5) is 8.78 Å². The zero-order valence-corrected chi connectivity index (χ0v) is 14.8. The lowest BCUT2D eigenvalue weighted by Gasteiger charge is -2.33.